The van der Waals surface area contributed by atoms with Gasteiger partial charge in [-0.2, -0.15) is 0 Å². The molecule has 1 unspecified atom stereocenters. The molecule has 0 aromatic rings. The summed E-state index contributed by atoms with van der Waals surface area (Å²) in [5.41, 5.74) is 0. The quantitative estimate of drug-likeness (QED) is 0.432. The van der Waals surface area contributed by atoms with Gasteiger partial charge in [-0.15, -0.1) is 11.6 Å². The highest BCUT2D eigenvalue weighted by Crippen LogP contribution is 2.17. The molecule has 0 aliphatic rings. The van der Waals surface area contributed by atoms with Gasteiger partial charge in [0.05, 0.1) is 0 Å². The summed E-state index contributed by atoms with van der Waals surface area (Å²) in [5.74, 6) is 0.639. The minimum Gasteiger partial charge on any atom is -0.351 e. The normalized spacial score (nSPS) is 13.9. The molecule has 0 fully saturated rings. The van der Waals surface area contributed by atoms with E-state index in [9.17, 15) is 0 Å². The summed E-state index contributed by atoms with van der Waals surface area (Å²) in [6.45, 7) is 9.29. The minimum absolute atomic E-state index is 0.0325. The zero-order chi connectivity index (χ0) is 13.1. The topological polar surface area (TPSA) is 36.9 Å². The Kier molecular flexibility index (Phi) is 10.5. The lowest BCUT2D eigenvalue weighted by Crippen LogP contribution is -2.51. The van der Waals surface area contributed by atoms with E-state index < -0.39 is 9.05 Å². The Hall–Kier alpha value is 0.347. The van der Waals surface area contributed by atoms with Crippen LogP contribution in [-0.4, -0.2) is 40.9 Å². The Bertz CT molecular complexity index is 166. The summed E-state index contributed by atoms with van der Waals surface area (Å²) in [6.07, 6.45) is 1.83. The zero-order valence-corrected chi connectivity index (χ0v) is 13.1. The van der Waals surface area contributed by atoms with E-state index in [0.29, 0.717) is 25.7 Å². The van der Waals surface area contributed by atoms with Gasteiger partial charge in [0.1, 0.15) is 0 Å². The van der Waals surface area contributed by atoms with Crippen molar-refractivity contribution in [1.29, 1.82) is 0 Å². The SMILES string of the molecule is CCO[Si](OCC)(OCC)OC(C)CCCCl. The maximum absolute atomic E-state index is 5.87. The number of hydrogen-bond donors (Lipinski definition) is 0. The van der Waals surface area contributed by atoms with E-state index in [4.69, 9.17) is 29.3 Å². The fourth-order valence-corrected chi connectivity index (χ4v) is 3.71. The fraction of sp³-hybridized carbons (Fsp3) is 1.00. The van der Waals surface area contributed by atoms with Gasteiger partial charge in [-0.05, 0) is 40.5 Å². The second kappa shape index (κ2) is 10.3. The number of hydrogen-bond acceptors (Lipinski definition) is 4. The molecule has 0 aliphatic heterocycles. The van der Waals surface area contributed by atoms with Crippen molar-refractivity contribution >= 4 is 20.6 Å². The highest BCUT2D eigenvalue weighted by atomic mass is 35.5. The van der Waals surface area contributed by atoms with Crippen molar-refractivity contribution in [3.63, 3.8) is 0 Å². The first kappa shape index (κ1) is 17.3. The molecule has 0 spiro atoms. The smallest absolute Gasteiger partial charge is 0.351 e. The van der Waals surface area contributed by atoms with Crippen LogP contribution in [0, 0.1) is 0 Å². The van der Waals surface area contributed by atoms with Gasteiger partial charge >= 0.3 is 9.05 Å². The first-order valence-corrected chi connectivity index (χ1v) is 8.46. The summed E-state index contributed by atoms with van der Waals surface area (Å²) >= 11 is 5.66. The predicted octanol–water partition coefficient (Wildman–Crippen LogP) is 2.96. The van der Waals surface area contributed by atoms with Crippen LogP contribution in [0.5, 0.6) is 0 Å². The first-order chi connectivity index (χ1) is 8.14. The van der Waals surface area contributed by atoms with Crippen LogP contribution >= 0.6 is 11.6 Å². The van der Waals surface area contributed by atoms with Crippen LogP contribution in [0.2, 0.25) is 0 Å². The van der Waals surface area contributed by atoms with E-state index in [-0.39, 0.29) is 6.10 Å². The monoisotopic (exact) mass is 284 g/mol. The van der Waals surface area contributed by atoms with Crippen molar-refractivity contribution in [2.75, 3.05) is 25.7 Å². The Labute approximate surface area is 111 Å². The molecule has 0 aromatic heterocycles. The Balaban J connectivity index is 4.40. The van der Waals surface area contributed by atoms with Crippen molar-refractivity contribution < 1.29 is 17.7 Å². The molecule has 0 amide bonds. The average molecular weight is 285 g/mol. The molecule has 0 heterocycles. The maximum Gasteiger partial charge on any atom is 0.679 e. The molecule has 0 N–H and O–H groups in total. The second-order valence-electron chi connectivity index (χ2n) is 3.56. The molecule has 0 radical (unpaired) electrons. The van der Waals surface area contributed by atoms with Gasteiger partial charge in [-0.1, -0.05) is 0 Å². The first-order valence-electron chi connectivity index (χ1n) is 6.29. The molecular formula is C11H25ClO4Si. The molecule has 4 nitrogen and oxygen atoms in total. The number of halogens is 1. The molecule has 0 aliphatic carbocycles. The molecule has 17 heavy (non-hydrogen) atoms. The molecule has 0 bridgehead atoms. The van der Waals surface area contributed by atoms with Gasteiger partial charge in [-0.3, -0.25) is 0 Å². The van der Waals surface area contributed by atoms with E-state index in [1.54, 1.807) is 0 Å². The van der Waals surface area contributed by atoms with Crippen LogP contribution in [0.3, 0.4) is 0 Å². The van der Waals surface area contributed by atoms with E-state index in [0.717, 1.165) is 12.8 Å². The van der Waals surface area contributed by atoms with Crippen LogP contribution in [0.1, 0.15) is 40.5 Å². The third kappa shape index (κ3) is 7.38. The van der Waals surface area contributed by atoms with Gasteiger partial charge in [0, 0.05) is 31.8 Å². The van der Waals surface area contributed by atoms with Crippen molar-refractivity contribution in [2.24, 2.45) is 0 Å². The average Bonchev–Trinajstić information content (AvgIpc) is 2.27. The maximum atomic E-state index is 5.87. The van der Waals surface area contributed by atoms with E-state index in [1.807, 2.05) is 27.7 Å². The Morgan fingerprint density at radius 3 is 1.82 bits per heavy atom. The molecule has 0 saturated carbocycles. The summed E-state index contributed by atoms with van der Waals surface area (Å²) in [5, 5.41) is 0. The molecule has 0 saturated heterocycles. The van der Waals surface area contributed by atoms with Gasteiger partial charge in [0.25, 0.3) is 0 Å². The predicted molar refractivity (Wildman–Crippen MR) is 71.1 cm³/mol. The third-order valence-electron chi connectivity index (χ3n) is 2.05. The van der Waals surface area contributed by atoms with Crippen molar-refractivity contribution in [3.05, 3.63) is 0 Å². The Morgan fingerprint density at radius 1 is 1.00 bits per heavy atom. The fourth-order valence-electron chi connectivity index (χ4n) is 1.43. The second-order valence-corrected chi connectivity index (χ2v) is 6.04. The highest BCUT2D eigenvalue weighted by Gasteiger charge is 2.46. The van der Waals surface area contributed by atoms with E-state index in [1.165, 1.54) is 0 Å². The van der Waals surface area contributed by atoms with Crippen LogP contribution in [-0.2, 0) is 17.7 Å². The lowest BCUT2D eigenvalue weighted by atomic mass is 10.2. The summed E-state index contributed by atoms with van der Waals surface area (Å²) < 4.78 is 22.7. The molecule has 0 rings (SSSR count). The standard InChI is InChI=1S/C11H25ClO4Si/c1-5-13-17(14-6-2,15-7-3)16-11(4)9-8-10-12/h11H,5-10H2,1-4H3. The van der Waals surface area contributed by atoms with Crippen LogP contribution in [0.15, 0.2) is 0 Å². The molecule has 1 atom stereocenters. The Morgan fingerprint density at radius 2 is 1.47 bits per heavy atom. The molecular weight excluding hydrogens is 260 g/mol. The lowest BCUT2D eigenvalue weighted by molar-refractivity contribution is -0.0477. The lowest BCUT2D eigenvalue weighted by Gasteiger charge is -2.29. The largest absolute Gasteiger partial charge is 0.679 e. The van der Waals surface area contributed by atoms with Crippen molar-refractivity contribution in [1.82, 2.24) is 0 Å². The van der Waals surface area contributed by atoms with Gasteiger partial charge in [0.2, 0.25) is 0 Å². The molecule has 104 valence electrons. The summed E-state index contributed by atoms with van der Waals surface area (Å²) in [6, 6.07) is 0. The van der Waals surface area contributed by atoms with Gasteiger partial charge < -0.3 is 17.7 Å². The zero-order valence-electron chi connectivity index (χ0n) is 11.3. The minimum atomic E-state index is -2.95. The van der Waals surface area contributed by atoms with Gasteiger partial charge in [-0.25, -0.2) is 0 Å². The molecule has 0 aromatic carbocycles. The third-order valence-corrected chi connectivity index (χ3v) is 4.94. The van der Waals surface area contributed by atoms with Crippen molar-refractivity contribution in [3.8, 4) is 0 Å². The van der Waals surface area contributed by atoms with Crippen LogP contribution < -0.4 is 0 Å². The molecule has 6 heteroatoms. The highest BCUT2D eigenvalue weighted by molar-refractivity contribution is 6.53. The van der Waals surface area contributed by atoms with E-state index >= 15 is 0 Å². The van der Waals surface area contributed by atoms with Gasteiger partial charge in [0.15, 0.2) is 0 Å². The summed E-state index contributed by atoms with van der Waals surface area (Å²) in [7, 11) is -2.95. The van der Waals surface area contributed by atoms with Crippen LogP contribution in [0.4, 0.5) is 0 Å². The number of rotatable bonds is 11. The van der Waals surface area contributed by atoms with Crippen molar-refractivity contribution in [2.45, 2.75) is 46.6 Å². The number of alkyl halides is 1. The van der Waals surface area contributed by atoms with Crippen LogP contribution in [0.25, 0.3) is 0 Å². The summed E-state index contributed by atoms with van der Waals surface area (Å²) in [4.78, 5) is 0. The van der Waals surface area contributed by atoms with E-state index in [2.05, 4.69) is 0 Å².